The third-order valence-electron chi connectivity index (χ3n) is 2.25. The van der Waals surface area contributed by atoms with Gasteiger partial charge in [0.05, 0.1) is 0 Å². The zero-order valence-electron chi connectivity index (χ0n) is 6.87. The van der Waals surface area contributed by atoms with Crippen LogP contribution >= 0.6 is 0 Å². The molecule has 0 amide bonds. The summed E-state index contributed by atoms with van der Waals surface area (Å²) in [5.41, 5.74) is 2.73. The first-order valence-electron chi connectivity index (χ1n) is 4.00. The van der Waals surface area contributed by atoms with Gasteiger partial charge in [0, 0.05) is 12.0 Å². The Morgan fingerprint density at radius 3 is 3.00 bits per heavy atom. The lowest BCUT2D eigenvalue weighted by Crippen LogP contribution is -2.13. The summed E-state index contributed by atoms with van der Waals surface area (Å²) in [6, 6.07) is 5.72. The minimum absolute atomic E-state index is 0.131. The smallest absolute Gasteiger partial charge is 0.191 e. The molecule has 0 radical (unpaired) electrons. The van der Waals surface area contributed by atoms with Gasteiger partial charge < -0.3 is 5.11 Å². The summed E-state index contributed by atoms with van der Waals surface area (Å²) in [6.45, 7) is 1.94. The molecular formula is C10H10O2. The molecule has 1 N–H and O–H groups in total. The molecular weight excluding hydrogens is 152 g/mol. The van der Waals surface area contributed by atoms with Crippen LogP contribution in [-0.4, -0.2) is 17.0 Å². The Labute approximate surface area is 70.8 Å². The Balaban J connectivity index is 2.56. The molecule has 0 bridgehead atoms. The van der Waals surface area contributed by atoms with Crippen molar-refractivity contribution in [2.45, 2.75) is 19.4 Å². The predicted molar refractivity (Wildman–Crippen MR) is 45.2 cm³/mol. The summed E-state index contributed by atoms with van der Waals surface area (Å²) in [5, 5.41) is 9.26. The van der Waals surface area contributed by atoms with E-state index in [-0.39, 0.29) is 5.78 Å². The minimum Gasteiger partial charge on any atom is -0.385 e. The van der Waals surface area contributed by atoms with E-state index in [9.17, 15) is 9.90 Å². The second-order valence-corrected chi connectivity index (χ2v) is 3.24. The van der Waals surface area contributed by atoms with Gasteiger partial charge in [0.15, 0.2) is 5.78 Å². The molecule has 2 rings (SSSR count). The first-order valence-corrected chi connectivity index (χ1v) is 4.00. The van der Waals surface area contributed by atoms with Gasteiger partial charge in [0.2, 0.25) is 0 Å². The molecule has 1 unspecified atom stereocenters. The van der Waals surface area contributed by atoms with Gasteiger partial charge in [0.25, 0.3) is 0 Å². The summed E-state index contributed by atoms with van der Waals surface area (Å²) in [4.78, 5) is 11.3. The Morgan fingerprint density at radius 2 is 2.25 bits per heavy atom. The monoisotopic (exact) mass is 162 g/mol. The van der Waals surface area contributed by atoms with Gasteiger partial charge in [-0.05, 0) is 18.6 Å². The van der Waals surface area contributed by atoms with E-state index < -0.39 is 6.10 Å². The normalized spacial score (nSPS) is 21.2. The second-order valence-electron chi connectivity index (χ2n) is 3.24. The van der Waals surface area contributed by atoms with Crippen LogP contribution in [0.15, 0.2) is 18.2 Å². The number of carbonyl (C=O) groups is 1. The molecule has 2 heteroatoms. The summed E-state index contributed by atoms with van der Waals surface area (Å²) in [5.74, 6) is -0.131. The van der Waals surface area contributed by atoms with Crippen LogP contribution < -0.4 is 0 Å². The predicted octanol–water partition coefficient (Wildman–Crippen LogP) is 1.09. The fourth-order valence-corrected chi connectivity index (χ4v) is 1.58. The van der Waals surface area contributed by atoms with Crippen LogP contribution in [-0.2, 0) is 6.42 Å². The zero-order chi connectivity index (χ0) is 8.72. The number of hydrogen-bond acceptors (Lipinski definition) is 2. The second kappa shape index (κ2) is 2.42. The van der Waals surface area contributed by atoms with Crippen LogP contribution in [0.1, 0.15) is 21.5 Å². The number of carbonyl (C=O) groups excluding carboxylic acids is 1. The molecule has 1 aromatic rings. The number of aliphatic hydroxyl groups is 1. The molecule has 0 aromatic heterocycles. The van der Waals surface area contributed by atoms with Crippen LogP contribution in [0.3, 0.4) is 0 Å². The average molecular weight is 162 g/mol. The number of rotatable bonds is 0. The Kier molecular flexibility index (Phi) is 1.51. The van der Waals surface area contributed by atoms with Crippen molar-refractivity contribution < 1.29 is 9.90 Å². The number of ketones is 1. The van der Waals surface area contributed by atoms with E-state index in [1.807, 2.05) is 25.1 Å². The molecule has 62 valence electrons. The van der Waals surface area contributed by atoms with Crippen molar-refractivity contribution in [1.82, 2.24) is 0 Å². The average Bonchev–Trinajstić information content (AvgIpc) is 2.31. The summed E-state index contributed by atoms with van der Waals surface area (Å²) < 4.78 is 0. The largest absolute Gasteiger partial charge is 0.385 e. The van der Waals surface area contributed by atoms with E-state index in [4.69, 9.17) is 0 Å². The molecule has 0 saturated carbocycles. The van der Waals surface area contributed by atoms with Gasteiger partial charge >= 0.3 is 0 Å². The Hall–Kier alpha value is -1.15. The Morgan fingerprint density at radius 1 is 1.50 bits per heavy atom. The van der Waals surface area contributed by atoms with Crippen molar-refractivity contribution in [2.24, 2.45) is 0 Å². The molecule has 1 aliphatic carbocycles. The molecule has 0 spiro atoms. The first-order chi connectivity index (χ1) is 5.68. The molecule has 1 atom stereocenters. The highest BCUT2D eigenvalue weighted by Gasteiger charge is 2.28. The molecule has 0 aliphatic heterocycles. The van der Waals surface area contributed by atoms with E-state index >= 15 is 0 Å². The number of Topliss-reactive ketones (excluding diaryl/α,β-unsaturated/α-hetero) is 1. The van der Waals surface area contributed by atoms with Gasteiger partial charge in [-0.25, -0.2) is 0 Å². The minimum atomic E-state index is -0.804. The number of fused-ring (bicyclic) bond motifs is 1. The number of aliphatic hydroxyl groups excluding tert-OH is 1. The van der Waals surface area contributed by atoms with Crippen molar-refractivity contribution in [1.29, 1.82) is 0 Å². The van der Waals surface area contributed by atoms with E-state index in [0.29, 0.717) is 12.0 Å². The summed E-state index contributed by atoms with van der Waals surface area (Å²) in [6.07, 6.45) is -0.323. The highest BCUT2D eigenvalue weighted by atomic mass is 16.3. The lowest BCUT2D eigenvalue weighted by atomic mass is 10.1. The van der Waals surface area contributed by atoms with Crippen molar-refractivity contribution in [3.8, 4) is 0 Å². The molecule has 1 aromatic carbocycles. The molecule has 1 aliphatic rings. The van der Waals surface area contributed by atoms with E-state index in [0.717, 1.165) is 11.1 Å². The van der Waals surface area contributed by atoms with Crippen molar-refractivity contribution in [2.75, 3.05) is 0 Å². The van der Waals surface area contributed by atoms with E-state index in [1.165, 1.54) is 0 Å². The lowest BCUT2D eigenvalue weighted by Gasteiger charge is -1.96. The molecule has 12 heavy (non-hydrogen) atoms. The van der Waals surface area contributed by atoms with Gasteiger partial charge in [-0.3, -0.25) is 4.79 Å². The SMILES string of the molecule is Cc1ccc2c(c1)C(=O)C(O)C2. The third kappa shape index (κ3) is 0.959. The number of benzene rings is 1. The highest BCUT2D eigenvalue weighted by molar-refractivity contribution is 6.03. The van der Waals surface area contributed by atoms with Crippen LogP contribution in [0.5, 0.6) is 0 Å². The maximum Gasteiger partial charge on any atom is 0.191 e. The molecule has 0 saturated heterocycles. The van der Waals surface area contributed by atoms with Crippen molar-refractivity contribution in [3.63, 3.8) is 0 Å². The van der Waals surface area contributed by atoms with E-state index in [1.54, 1.807) is 0 Å². The quantitative estimate of drug-likeness (QED) is 0.620. The molecule has 2 nitrogen and oxygen atoms in total. The number of hydrogen-bond donors (Lipinski definition) is 1. The van der Waals surface area contributed by atoms with Gasteiger partial charge in [-0.15, -0.1) is 0 Å². The van der Waals surface area contributed by atoms with Crippen LogP contribution in [0.4, 0.5) is 0 Å². The van der Waals surface area contributed by atoms with Crippen LogP contribution in [0, 0.1) is 6.92 Å². The highest BCUT2D eigenvalue weighted by Crippen LogP contribution is 2.22. The zero-order valence-corrected chi connectivity index (χ0v) is 6.87. The van der Waals surface area contributed by atoms with Crippen LogP contribution in [0.25, 0.3) is 0 Å². The van der Waals surface area contributed by atoms with Crippen molar-refractivity contribution >= 4 is 5.78 Å². The van der Waals surface area contributed by atoms with E-state index in [2.05, 4.69) is 0 Å². The van der Waals surface area contributed by atoms with Gasteiger partial charge in [-0.2, -0.15) is 0 Å². The summed E-state index contributed by atoms with van der Waals surface area (Å²) >= 11 is 0. The first kappa shape index (κ1) is 7.50. The maximum atomic E-state index is 11.3. The molecule has 0 heterocycles. The fraction of sp³-hybridized carbons (Fsp3) is 0.300. The maximum absolute atomic E-state index is 11.3. The fourth-order valence-electron chi connectivity index (χ4n) is 1.58. The topological polar surface area (TPSA) is 37.3 Å². The summed E-state index contributed by atoms with van der Waals surface area (Å²) in [7, 11) is 0. The van der Waals surface area contributed by atoms with Gasteiger partial charge in [-0.1, -0.05) is 17.7 Å². The van der Waals surface area contributed by atoms with Crippen LogP contribution in [0.2, 0.25) is 0 Å². The lowest BCUT2D eigenvalue weighted by molar-refractivity contribution is 0.0780. The standard InChI is InChI=1S/C10H10O2/c1-6-2-3-7-5-9(11)10(12)8(7)4-6/h2-4,9,11H,5H2,1H3. The molecule has 0 fully saturated rings. The Bertz CT molecular complexity index is 342. The van der Waals surface area contributed by atoms with Gasteiger partial charge in [0.1, 0.15) is 6.10 Å². The third-order valence-corrected chi connectivity index (χ3v) is 2.25. The number of aryl methyl sites for hydroxylation is 1. The van der Waals surface area contributed by atoms with Crippen molar-refractivity contribution in [3.05, 3.63) is 34.9 Å².